The predicted molar refractivity (Wildman–Crippen MR) is 68.4 cm³/mol. The minimum atomic E-state index is 0.622. The van der Waals surface area contributed by atoms with Crippen molar-refractivity contribution in [3.63, 3.8) is 0 Å². The summed E-state index contributed by atoms with van der Waals surface area (Å²) in [6.45, 7) is 4.52. The molecule has 0 saturated heterocycles. The Labute approximate surface area is 102 Å². The van der Waals surface area contributed by atoms with Crippen LogP contribution in [0.2, 0.25) is 0 Å². The van der Waals surface area contributed by atoms with Crippen LogP contribution in [0.15, 0.2) is 12.4 Å². The minimum absolute atomic E-state index is 0.622. The fraction of sp³-hybridized carbons (Fsp3) is 0.667. The summed E-state index contributed by atoms with van der Waals surface area (Å²) >= 11 is 0. The van der Waals surface area contributed by atoms with Crippen molar-refractivity contribution in [2.24, 2.45) is 0 Å². The highest BCUT2D eigenvalue weighted by molar-refractivity contribution is 5.45. The van der Waals surface area contributed by atoms with E-state index in [9.17, 15) is 0 Å². The van der Waals surface area contributed by atoms with Crippen LogP contribution in [0.1, 0.15) is 19.8 Å². The Morgan fingerprint density at radius 3 is 2.94 bits per heavy atom. The number of hydrogen-bond acceptors (Lipinski definition) is 5. The molecule has 1 aliphatic carbocycles. The number of rotatable bonds is 7. The van der Waals surface area contributed by atoms with E-state index in [4.69, 9.17) is 4.74 Å². The minimum Gasteiger partial charge on any atom is -0.383 e. The molecule has 94 valence electrons. The molecule has 1 heterocycles. The summed E-state index contributed by atoms with van der Waals surface area (Å²) in [5.74, 6) is 1.79. The summed E-state index contributed by atoms with van der Waals surface area (Å²) in [7, 11) is 1.73. The first kappa shape index (κ1) is 12.1. The third-order valence-corrected chi connectivity index (χ3v) is 2.80. The van der Waals surface area contributed by atoms with Crippen LogP contribution in [0.3, 0.4) is 0 Å². The van der Waals surface area contributed by atoms with Gasteiger partial charge in [-0.25, -0.2) is 4.98 Å². The highest BCUT2D eigenvalue weighted by atomic mass is 16.5. The largest absolute Gasteiger partial charge is 0.383 e. The van der Waals surface area contributed by atoms with Gasteiger partial charge >= 0.3 is 0 Å². The summed E-state index contributed by atoms with van der Waals surface area (Å²) in [5, 5.41) is 3.19. The summed E-state index contributed by atoms with van der Waals surface area (Å²) in [6, 6.07) is 0.622. The highest BCUT2D eigenvalue weighted by Crippen LogP contribution is 2.30. The molecule has 0 amide bonds. The Morgan fingerprint density at radius 2 is 2.29 bits per heavy atom. The Morgan fingerprint density at radius 1 is 1.47 bits per heavy atom. The van der Waals surface area contributed by atoms with Crippen LogP contribution in [0, 0.1) is 0 Å². The van der Waals surface area contributed by atoms with Crippen LogP contribution in [0.5, 0.6) is 0 Å². The van der Waals surface area contributed by atoms with Crippen molar-refractivity contribution in [2.75, 3.05) is 37.0 Å². The molecule has 1 N–H and O–H groups in total. The van der Waals surface area contributed by atoms with Crippen LogP contribution in [-0.4, -0.2) is 42.8 Å². The number of methoxy groups -OCH3 is 1. The molecule has 1 aromatic rings. The monoisotopic (exact) mass is 236 g/mol. The zero-order valence-electron chi connectivity index (χ0n) is 10.5. The van der Waals surface area contributed by atoms with Gasteiger partial charge in [-0.3, -0.25) is 4.98 Å². The van der Waals surface area contributed by atoms with Gasteiger partial charge in [-0.2, -0.15) is 0 Å². The second-order valence-corrected chi connectivity index (χ2v) is 4.21. The number of ether oxygens (including phenoxy) is 1. The summed E-state index contributed by atoms with van der Waals surface area (Å²) in [4.78, 5) is 11.1. The third-order valence-electron chi connectivity index (χ3n) is 2.80. The maximum Gasteiger partial charge on any atom is 0.149 e. The molecule has 0 aliphatic heterocycles. The molecule has 0 bridgehead atoms. The molecule has 5 nitrogen and oxygen atoms in total. The van der Waals surface area contributed by atoms with E-state index >= 15 is 0 Å². The van der Waals surface area contributed by atoms with Crippen molar-refractivity contribution < 1.29 is 4.74 Å². The predicted octanol–water partition coefficient (Wildman–Crippen LogP) is 1.52. The maximum atomic E-state index is 5.14. The molecule has 2 rings (SSSR count). The van der Waals surface area contributed by atoms with Crippen LogP contribution in [0.4, 0.5) is 11.6 Å². The topological polar surface area (TPSA) is 50.3 Å². The zero-order valence-corrected chi connectivity index (χ0v) is 10.5. The van der Waals surface area contributed by atoms with E-state index < -0.39 is 0 Å². The molecular formula is C12H20N4O. The molecule has 0 aromatic carbocycles. The van der Waals surface area contributed by atoms with E-state index in [1.807, 2.05) is 6.20 Å². The van der Waals surface area contributed by atoms with Crippen molar-refractivity contribution in [1.82, 2.24) is 9.97 Å². The number of nitrogens with one attached hydrogen (secondary N) is 1. The van der Waals surface area contributed by atoms with E-state index in [-0.39, 0.29) is 0 Å². The molecule has 5 heteroatoms. The van der Waals surface area contributed by atoms with Crippen molar-refractivity contribution >= 4 is 11.6 Å². The Kier molecular flexibility index (Phi) is 4.14. The van der Waals surface area contributed by atoms with E-state index in [0.717, 1.165) is 31.3 Å². The van der Waals surface area contributed by atoms with E-state index in [2.05, 4.69) is 27.1 Å². The second-order valence-electron chi connectivity index (χ2n) is 4.21. The van der Waals surface area contributed by atoms with Crippen molar-refractivity contribution in [2.45, 2.75) is 25.8 Å². The average molecular weight is 236 g/mol. The van der Waals surface area contributed by atoms with Gasteiger partial charge < -0.3 is 15.0 Å². The van der Waals surface area contributed by atoms with Gasteiger partial charge in [-0.15, -0.1) is 0 Å². The zero-order chi connectivity index (χ0) is 12.1. The van der Waals surface area contributed by atoms with Crippen LogP contribution in [-0.2, 0) is 4.74 Å². The quantitative estimate of drug-likeness (QED) is 0.778. The van der Waals surface area contributed by atoms with Crippen molar-refractivity contribution in [1.29, 1.82) is 0 Å². The van der Waals surface area contributed by atoms with Gasteiger partial charge in [-0.05, 0) is 19.8 Å². The SMILES string of the molecule is CCNc1cncc(N(CCOC)C2CC2)n1. The number of aromatic nitrogens is 2. The van der Waals surface area contributed by atoms with E-state index in [1.54, 1.807) is 13.3 Å². The molecule has 0 spiro atoms. The highest BCUT2D eigenvalue weighted by Gasteiger charge is 2.29. The Hall–Kier alpha value is -1.36. The lowest BCUT2D eigenvalue weighted by Crippen LogP contribution is -2.30. The lowest BCUT2D eigenvalue weighted by atomic mass is 10.4. The van der Waals surface area contributed by atoms with E-state index in [1.165, 1.54) is 12.8 Å². The summed E-state index contributed by atoms with van der Waals surface area (Å²) in [5.41, 5.74) is 0. The van der Waals surface area contributed by atoms with Gasteiger partial charge in [0.2, 0.25) is 0 Å². The average Bonchev–Trinajstić information content (AvgIpc) is 3.15. The molecule has 1 aliphatic rings. The van der Waals surface area contributed by atoms with Crippen molar-refractivity contribution in [3.8, 4) is 0 Å². The summed E-state index contributed by atoms with van der Waals surface area (Å²) in [6.07, 6.45) is 6.08. The Balaban J connectivity index is 2.08. The molecule has 1 fully saturated rings. The molecule has 1 aromatic heterocycles. The van der Waals surface area contributed by atoms with Gasteiger partial charge in [0.1, 0.15) is 11.6 Å². The van der Waals surface area contributed by atoms with Crippen molar-refractivity contribution in [3.05, 3.63) is 12.4 Å². The van der Waals surface area contributed by atoms with Gasteiger partial charge in [0.05, 0.1) is 19.0 Å². The van der Waals surface area contributed by atoms with Gasteiger partial charge in [-0.1, -0.05) is 0 Å². The van der Waals surface area contributed by atoms with Crippen LogP contribution in [0.25, 0.3) is 0 Å². The fourth-order valence-electron chi connectivity index (χ4n) is 1.82. The molecule has 1 saturated carbocycles. The van der Waals surface area contributed by atoms with E-state index in [0.29, 0.717) is 6.04 Å². The first-order valence-corrected chi connectivity index (χ1v) is 6.16. The number of hydrogen-bond donors (Lipinski definition) is 1. The lowest BCUT2D eigenvalue weighted by molar-refractivity contribution is 0.204. The van der Waals surface area contributed by atoms with Crippen LogP contribution >= 0.6 is 0 Å². The first-order chi connectivity index (χ1) is 8.35. The fourth-order valence-corrected chi connectivity index (χ4v) is 1.82. The Bertz CT molecular complexity index is 354. The molecule has 0 atom stereocenters. The third kappa shape index (κ3) is 3.30. The number of anilines is 2. The van der Waals surface area contributed by atoms with Gasteiger partial charge in [0, 0.05) is 26.2 Å². The molecule has 0 radical (unpaired) electrons. The molecule has 17 heavy (non-hydrogen) atoms. The maximum absolute atomic E-state index is 5.14. The van der Waals surface area contributed by atoms with Gasteiger partial charge in [0.15, 0.2) is 0 Å². The van der Waals surface area contributed by atoms with Crippen LogP contribution < -0.4 is 10.2 Å². The molecular weight excluding hydrogens is 216 g/mol. The summed E-state index contributed by atoms with van der Waals surface area (Å²) < 4.78 is 5.14. The normalized spacial score (nSPS) is 14.7. The first-order valence-electron chi connectivity index (χ1n) is 6.16. The standard InChI is InChI=1S/C12H20N4O/c1-3-14-11-8-13-9-12(15-11)16(6-7-17-2)10-4-5-10/h8-10H,3-7H2,1-2H3,(H,14,15). The van der Waals surface area contributed by atoms with Gasteiger partial charge in [0.25, 0.3) is 0 Å². The second kappa shape index (κ2) is 5.82. The lowest BCUT2D eigenvalue weighted by Gasteiger charge is -2.23. The smallest absolute Gasteiger partial charge is 0.149 e. The molecule has 0 unspecified atom stereocenters. The number of nitrogens with zero attached hydrogens (tertiary/aromatic N) is 3.